The Hall–Kier alpha value is -3.22. The molecule has 0 unspecified atom stereocenters. The van der Waals surface area contributed by atoms with Crippen molar-refractivity contribution >= 4 is 23.5 Å². The van der Waals surface area contributed by atoms with Crippen LogP contribution in [-0.4, -0.2) is 36.5 Å². The Labute approximate surface area is 138 Å². The van der Waals surface area contributed by atoms with Gasteiger partial charge in [-0.25, -0.2) is 9.59 Å². The molecule has 0 fully saturated rings. The number of anilines is 1. The minimum absolute atomic E-state index is 0.274. The van der Waals surface area contributed by atoms with Gasteiger partial charge in [-0.15, -0.1) is 0 Å². The highest BCUT2D eigenvalue weighted by Crippen LogP contribution is 2.10. The highest BCUT2D eigenvalue weighted by Gasteiger charge is 2.11. The van der Waals surface area contributed by atoms with Crippen molar-refractivity contribution in [2.24, 2.45) is 0 Å². The fourth-order valence-electron chi connectivity index (χ4n) is 1.81. The summed E-state index contributed by atoms with van der Waals surface area (Å²) in [6.45, 7) is 1.37. The van der Waals surface area contributed by atoms with Crippen molar-refractivity contribution in [1.82, 2.24) is 4.98 Å². The van der Waals surface area contributed by atoms with Gasteiger partial charge in [0.2, 0.25) is 0 Å². The van der Waals surface area contributed by atoms with E-state index in [0.717, 1.165) is 5.69 Å². The van der Waals surface area contributed by atoms with Gasteiger partial charge < -0.3 is 14.8 Å². The lowest BCUT2D eigenvalue weighted by Crippen LogP contribution is -2.21. The normalized spacial score (nSPS) is 9.92. The van der Waals surface area contributed by atoms with Crippen LogP contribution < -0.4 is 5.32 Å². The fraction of sp³-hybridized carbons (Fsp3) is 0.176. The van der Waals surface area contributed by atoms with Crippen LogP contribution in [0, 0.1) is 6.92 Å². The number of hydrogen-bond donors (Lipinski definition) is 1. The molecule has 0 aliphatic carbocycles. The first-order valence-electron chi connectivity index (χ1n) is 7.07. The van der Waals surface area contributed by atoms with Crippen molar-refractivity contribution in [2.45, 2.75) is 6.92 Å². The molecule has 1 N–H and O–H groups in total. The van der Waals surface area contributed by atoms with E-state index >= 15 is 0 Å². The summed E-state index contributed by atoms with van der Waals surface area (Å²) in [4.78, 5) is 38.8. The number of pyridine rings is 1. The Morgan fingerprint density at radius 2 is 1.67 bits per heavy atom. The summed E-state index contributed by atoms with van der Waals surface area (Å²) in [6, 6.07) is 9.40. The van der Waals surface area contributed by atoms with Gasteiger partial charge in [0.05, 0.1) is 18.2 Å². The predicted octanol–water partition coefficient (Wildman–Crippen LogP) is 1.97. The average molecular weight is 328 g/mol. The number of nitrogens with zero attached hydrogens (tertiary/aromatic N) is 1. The average Bonchev–Trinajstić information content (AvgIpc) is 2.60. The second-order valence-corrected chi connectivity index (χ2v) is 4.88. The molecule has 7 heteroatoms. The maximum atomic E-state index is 11.8. The van der Waals surface area contributed by atoms with Crippen molar-refractivity contribution in [1.29, 1.82) is 0 Å². The molecule has 0 radical (unpaired) electrons. The molecule has 1 heterocycles. The molecule has 124 valence electrons. The molecule has 24 heavy (non-hydrogen) atoms. The number of hydrogen-bond acceptors (Lipinski definition) is 6. The second kappa shape index (κ2) is 7.87. The third kappa shape index (κ3) is 4.64. The van der Waals surface area contributed by atoms with E-state index in [0.29, 0.717) is 11.3 Å². The third-order valence-electron chi connectivity index (χ3n) is 3.07. The van der Waals surface area contributed by atoms with Crippen LogP contribution in [0.25, 0.3) is 0 Å². The van der Waals surface area contributed by atoms with E-state index in [1.165, 1.54) is 25.4 Å². The summed E-state index contributed by atoms with van der Waals surface area (Å²) in [5.74, 6) is -1.58. The Balaban J connectivity index is 1.85. The summed E-state index contributed by atoms with van der Waals surface area (Å²) in [7, 11) is 1.29. The summed E-state index contributed by atoms with van der Waals surface area (Å²) in [5.41, 5.74) is 1.89. The predicted molar refractivity (Wildman–Crippen MR) is 85.7 cm³/mol. The highest BCUT2D eigenvalue weighted by molar-refractivity contribution is 5.96. The molecule has 0 bridgehead atoms. The number of nitrogens with one attached hydrogen (secondary N) is 1. The number of aryl methyl sites for hydroxylation is 1. The monoisotopic (exact) mass is 328 g/mol. The number of amides is 1. The fourth-order valence-corrected chi connectivity index (χ4v) is 1.81. The zero-order chi connectivity index (χ0) is 17.5. The lowest BCUT2D eigenvalue weighted by molar-refractivity contribution is -0.119. The lowest BCUT2D eigenvalue weighted by Gasteiger charge is -2.07. The van der Waals surface area contributed by atoms with Gasteiger partial charge in [0.25, 0.3) is 5.91 Å². The van der Waals surface area contributed by atoms with Crippen molar-refractivity contribution < 1.29 is 23.9 Å². The minimum atomic E-state index is -0.626. The summed E-state index contributed by atoms with van der Waals surface area (Å²) in [6.07, 6.45) is 1.39. The SMILES string of the molecule is COC(=O)c1ccc(NC(=O)COC(=O)c2ccc(C)nc2)cc1. The van der Waals surface area contributed by atoms with Crippen LogP contribution in [0.2, 0.25) is 0 Å². The van der Waals surface area contributed by atoms with Gasteiger partial charge in [-0.1, -0.05) is 0 Å². The summed E-state index contributed by atoms with van der Waals surface area (Å²) in [5, 5.41) is 2.56. The van der Waals surface area contributed by atoms with Gasteiger partial charge in [0.15, 0.2) is 6.61 Å². The van der Waals surface area contributed by atoms with Crippen LogP contribution >= 0.6 is 0 Å². The van der Waals surface area contributed by atoms with Crippen LogP contribution in [0.15, 0.2) is 42.6 Å². The topological polar surface area (TPSA) is 94.6 Å². The van der Waals surface area contributed by atoms with Gasteiger partial charge >= 0.3 is 11.9 Å². The number of rotatable bonds is 5. The Kier molecular flexibility index (Phi) is 5.62. The van der Waals surface area contributed by atoms with E-state index in [-0.39, 0.29) is 5.56 Å². The summed E-state index contributed by atoms with van der Waals surface area (Å²) >= 11 is 0. The van der Waals surface area contributed by atoms with Gasteiger partial charge in [0.1, 0.15) is 0 Å². The van der Waals surface area contributed by atoms with Gasteiger partial charge in [-0.2, -0.15) is 0 Å². The number of ether oxygens (including phenoxy) is 2. The molecule has 7 nitrogen and oxygen atoms in total. The number of carbonyl (C=O) groups excluding carboxylic acids is 3. The molecule has 0 atom stereocenters. The van der Waals surface area contributed by atoms with E-state index < -0.39 is 24.5 Å². The smallest absolute Gasteiger partial charge is 0.340 e. The molecule has 0 spiro atoms. The van der Waals surface area contributed by atoms with Crippen molar-refractivity contribution in [3.8, 4) is 0 Å². The largest absolute Gasteiger partial charge is 0.465 e. The van der Waals surface area contributed by atoms with E-state index in [1.54, 1.807) is 31.2 Å². The van der Waals surface area contributed by atoms with Crippen LogP contribution in [0.4, 0.5) is 5.69 Å². The molecule has 2 aromatic rings. The number of carbonyl (C=O) groups is 3. The highest BCUT2D eigenvalue weighted by atomic mass is 16.5. The van der Waals surface area contributed by atoms with E-state index in [9.17, 15) is 14.4 Å². The summed E-state index contributed by atoms with van der Waals surface area (Å²) < 4.78 is 9.50. The van der Waals surface area contributed by atoms with Crippen LogP contribution in [0.5, 0.6) is 0 Å². The van der Waals surface area contributed by atoms with Gasteiger partial charge in [-0.3, -0.25) is 9.78 Å². The molecular weight excluding hydrogens is 312 g/mol. The molecule has 1 aromatic carbocycles. The number of methoxy groups -OCH3 is 1. The molecule has 0 aliphatic heterocycles. The third-order valence-corrected chi connectivity index (χ3v) is 3.07. The van der Waals surface area contributed by atoms with E-state index in [4.69, 9.17) is 4.74 Å². The van der Waals surface area contributed by atoms with Crippen molar-refractivity contribution in [2.75, 3.05) is 19.0 Å². The van der Waals surface area contributed by atoms with Gasteiger partial charge in [0, 0.05) is 17.6 Å². The van der Waals surface area contributed by atoms with Crippen LogP contribution in [0.1, 0.15) is 26.4 Å². The molecular formula is C17H16N2O5. The minimum Gasteiger partial charge on any atom is -0.465 e. The quantitative estimate of drug-likeness (QED) is 0.843. The Morgan fingerprint density at radius 1 is 1.00 bits per heavy atom. The molecule has 2 rings (SSSR count). The first kappa shape index (κ1) is 17.1. The molecule has 1 aromatic heterocycles. The van der Waals surface area contributed by atoms with Crippen LogP contribution in [-0.2, 0) is 14.3 Å². The van der Waals surface area contributed by atoms with Crippen LogP contribution in [0.3, 0.4) is 0 Å². The lowest BCUT2D eigenvalue weighted by atomic mass is 10.2. The standard InChI is InChI=1S/C17H16N2O5/c1-11-3-4-13(9-18-11)17(22)24-10-15(20)19-14-7-5-12(6-8-14)16(21)23-2/h3-9H,10H2,1-2H3,(H,19,20). The van der Waals surface area contributed by atoms with E-state index in [2.05, 4.69) is 15.0 Å². The van der Waals surface area contributed by atoms with Crippen molar-refractivity contribution in [3.63, 3.8) is 0 Å². The number of benzene rings is 1. The second-order valence-electron chi connectivity index (χ2n) is 4.88. The molecule has 0 saturated heterocycles. The van der Waals surface area contributed by atoms with Crippen molar-refractivity contribution in [3.05, 3.63) is 59.4 Å². The first-order valence-corrected chi connectivity index (χ1v) is 7.07. The van der Waals surface area contributed by atoms with E-state index in [1.807, 2.05) is 0 Å². The Bertz CT molecular complexity index is 739. The zero-order valence-electron chi connectivity index (χ0n) is 13.2. The molecule has 0 saturated carbocycles. The molecule has 1 amide bonds. The maximum Gasteiger partial charge on any atom is 0.340 e. The first-order chi connectivity index (χ1) is 11.5. The maximum absolute atomic E-state index is 11.8. The number of aromatic nitrogens is 1. The zero-order valence-corrected chi connectivity index (χ0v) is 13.2. The van der Waals surface area contributed by atoms with Gasteiger partial charge in [-0.05, 0) is 43.3 Å². The molecule has 0 aliphatic rings. The Morgan fingerprint density at radius 3 is 2.25 bits per heavy atom. The number of esters is 2.